The van der Waals surface area contributed by atoms with E-state index in [4.69, 9.17) is 0 Å². The Bertz CT molecular complexity index is 848. The molecule has 2 aromatic heterocycles. The minimum Gasteiger partial charge on any atom is -0.318 e. The molecule has 2 rings (SSSR count). The molecule has 0 aliphatic carbocycles. The van der Waals surface area contributed by atoms with E-state index in [-0.39, 0.29) is 11.2 Å². The number of fused-ring (bicyclic) bond motifs is 1. The van der Waals surface area contributed by atoms with Crippen LogP contribution >= 0.6 is 0 Å². The molecule has 2 aromatic rings. The van der Waals surface area contributed by atoms with Gasteiger partial charge in [-0.2, -0.15) is 13.8 Å². The van der Waals surface area contributed by atoms with Gasteiger partial charge in [-0.3, -0.25) is 9.36 Å². The lowest BCUT2D eigenvalue weighted by Gasteiger charge is -2.08. The van der Waals surface area contributed by atoms with E-state index in [1.54, 1.807) is 0 Å². The minimum atomic E-state index is -3.62. The summed E-state index contributed by atoms with van der Waals surface area (Å²) in [5, 5.41) is -0.0704. The first-order chi connectivity index (χ1) is 9.70. The standard InChI is InChI=1S/C11H11F2N3O4S/c1-16-8-6(4-14-11(15-8)21(2,18)19)3-7(9(16)17)5-20-10(12)13/h3-4,10H,5H2,1-2H3. The van der Waals surface area contributed by atoms with Crippen LogP contribution in [0.25, 0.3) is 11.0 Å². The molecule has 10 heteroatoms. The second-order valence-corrected chi connectivity index (χ2v) is 6.22. The smallest absolute Gasteiger partial charge is 0.318 e. The fourth-order valence-corrected chi connectivity index (χ4v) is 2.23. The Morgan fingerprint density at radius 3 is 2.67 bits per heavy atom. The summed E-state index contributed by atoms with van der Waals surface area (Å²) in [6.07, 6.45) is 2.15. The maximum Gasteiger partial charge on any atom is 0.345 e. The highest BCUT2D eigenvalue weighted by Gasteiger charge is 2.15. The van der Waals surface area contributed by atoms with Gasteiger partial charge < -0.3 is 4.74 Å². The maximum absolute atomic E-state index is 12.0. The highest BCUT2D eigenvalue weighted by Crippen LogP contribution is 2.13. The van der Waals surface area contributed by atoms with E-state index in [1.165, 1.54) is 19.3 Å². The van der Waals surface area contributed by atoms with Gasteiger partial charge in [-0.05, 0) is 6.07 Å². The van der Waals surface area contributed by atoms with E-state index >= 15 is 0 Å². The van der Waals surface area contributed by atoms with Crippen LogP contribution in [-0.4, -0.2) is 35.8 Å². The number of hydrogen-bond donors (Lipinski definition) is 0. The summed E-state index contributed by atoms with van der Waals surface area (Å²) in [4.78, 5) is 19.5. The van der Waals surface area contributed by atoms with Crippen LogP contribution in [0.5, 0.6) is 0 Å². The molecular formula is C11H11F2N3O4S. The Morgan fingerprint density at radius 2 is 2.10 bits per heavy atom. The first-order valence-electron chi connectivity index (χ1n) is 5.65. The molecule has 21 heavy (non-hydrogen) atoms. The molecule has 0 bridgehead atoms. The number of nitrogens with zero attached hydrogens (tertiary/aromatic N) is 3. The van der Waals surface area contributed by atoms with Gasteiger partial charge in [-0.15, -0.1) is 0 Å². The number of halogens is 2. The third kappa shape index (κ3) is 3.22. The summed E-state index contributed by atoms with van der Waals surface area (Å²) in [6, 6.07) is 1.30. The van der Waals surface area contributed by atoms with E-state index in [2.05, 4.69) is 14.7 Å². The quantitative estimate of drug-likeness (QED) is 0.761. The SMILES string of the molecule is Cn1c(=O)c(COC(F)F)cc2cnc(S(C)(=O)=O)nc21. The van der Waals surface area contributed by atoms with Crippen molar-refractivity contribution in [3.8, 4) is 0 Å². The summed E-state index contributed by atoms with van der Waals surface area (Å²) in [5.74, 6) is 0. The predicted molar refractivity (Wildman–Crippen MR) is 68.7 cm³/mol. The predicted octanol–water partition coefficient (Wildman–Crippen LogP) is 0.471. The Balaban J connectivity index is 2.61. The van der Waals surface area contributed by atoms with Gasteiger partial charge in [-0.1, -0.05) is 0 Å². The number of sulfone groups is 1. The van der Waals surface area contributed by atoms with Gasteiger partial charge in [0.05, 0.1) is 6.61 Å². The summed E-state index contributed by atoms with van der Waals surface area (Å²) in [5.41, 5.74) is -0.501. The highest BCUT2D eigenvalue weighted by molar-refractivity contribution is 7.90. The zero-order valence-electron chi connectivity index (χ0n) is 11.1. The second-order valence-electron chi connectivity index (χ2n) is 4.31. The van der Waals surface area contributed by atoms with E-state index in [1.807, 2.05) is 0 Å². The topological polar surface area (TPSA) is 91.2 Å². The minimum absolute atomic E-state index is 0.000931. The van der Waals surface area contributed by atoms with Crippen molar-refractivity contribution >= 4 is 20.9 Å². The number of aromatic nitrogens is 3. The number of ether oxygens (including phenoxy) is 1. The van der Waals surface area contributed by atoms with Crippen LogP contribution in [0.2, 0.25) is 0 Å². The molecule has 2 heterocycles. The average molecular weight is 319 g/mol. The number of aryl methyl sites for hydroxylation is 1. The molecule has 7 nitrogen and oxygen atoms in total. The monoisotopic (exact) mass is 319 g/mol. The molecule has 0 atom stereocenters. The van der Waals surface area contributed by atoms with Gasteiger partial charge in [-0.25, -0.2) is 13.4 Å². The summed E-state index contributed by atoms with van der Waals surface area (Å²) < 4.78 is 52.0. The number of rotatable bonds is 4. The van der Waals surface area contributed by atoms with E-state index < -0.39 is 33.8 Å². The maximum atomic E-state index is 12.0. The van der Waals surface area contributed by atoms with Crippen LogP contribution in [0.15, 0.2) is 22.2 Å². The van der Waals surface area contributed by atoms with E-state index in [0.29, 0.717) is 5.39 Å². The van der Waals surface area contributed by atoms with Crippen molar-refractivity contribution in [3.05, 3.63) is 28.2 Å². The van der Waals surface area contributed by atoms with Gasteiger partial charge in [0.2, 0.25) is 15.0 Å². The molecular weight excluding hydrogens is 308 g/mol. The Labute approximate surface area is 118 Å². The normalized spacial score (nSPS) is 12.2. The van der Waals surface area contributed by atoms with Gasteiger partial charge in [0.1, 0.15) is 5.65 Å². The molecule has 0 spiro atoms. The zero-order valence-corrected chi connectivity index (χ0v) is 11.9. The van der Waals surface area contributed by atoms with Crippen molar-refractivity contribution in [1.29, 1.82) is 0 Å². The highest BCUT2D eigenvalue weighted by atomic mass is 32.2. The van der Waals surface area contributed by atoms with Crippen LogP contribution < -0.4 is 5.56 Å². The van der Waals surface area contributed by atoms with Crippen LogP contribution in [-0.2, 0) is 28.2 Å². The van der Waals surface area contributed by atoms with Gasteiger partial charge >= 0.3 is 6.61 Å². The zero-order chi connectivity index (χ0) is 15.8. The summed E-state index contributed by atoms with van der Waals surface area (Å²) in [6.45, 7) is -3.55. The molecule has 0 radical (unpaired) electrons. The van der Waals surface area contributed by atoms with Crippen molar-refractivity contribution in [2.45, 2.75) is 18.4 Å². The lowest BCUT2D eigenvalue weighted by molar-refractivity contribution is -0.137. The molecule has 0 aromatic carbocycles. The molecule has 114 valence electrons. The van der Waals surface area contributed by atoms with Gasteiger partial charge in [0.15, 0.2) is 0 Å². The lowest BCUT2D eigenvalue weighted by atomic mass is 10.2. The van der Waals surface area contributed by atoms with Crippen molar-refractivity contribution in [2.75, 3.05) is 6.26 Å². The molecule has 0 aliphatic rings. The second kappa shape index (κ2) is 5.45. The van der Waals surface area contributed by atoms with Crippen molar-refractivity contribution in [2.24, 2.45) is 7.05 Å². The third-order valence-corrected chi connectivity index (χ3v) is 3.56. The Hall–Kier alpha value is -1.94. The Morgan fingerprint density at radius 1 is 1.43 bits per heavy atom. The lowest BCUT2D eigenvalue weighted by Crippen LogP contribution is -2.23. The molecule has 0 amide bonds. The molecule has 0 unspecified atom stereocenters. The van der Waals surface area contributed by atoms with E-state index in [9.17, 15) is 22.0 Å². The number of hydrogen-bond acceptors (Lipinski definition) is 6. The number of alkyl halides is 2. The van der Waals surface area contributed by atoms with Crippen LogP contribution in [0, 0.1) is 0 Å². The van der Waals surface area contributed by atoms with Crippen molar-refractivity contribution < 1.29 is 21.9 Å². The molecule has 0 fully saturated rings. The third-order valence-electron chi connectivity index (χ3n) is 2.70. The molecule has 0 saturated heterocycles. The largest absolute Gasteiger partial charge is 0.345 e. The fraction of sp³-hybridized carbons (Fsp3) is 0.364. The first kappa shape index (κ1) is 15.4. The summed E-state index contributed by atoms with van der Waals surface area (Å²) >= 11 is 0. The first-order valence-corrected chi connectivity index (χ1v) is 7.55. The molecule has 0 saturated carbocycles. The Kier molecular flexibility index (Phi) is 4.01. The van der Waals surface area contributed by atoms with Crippen LogP contribution in [0.1, 0.15) is 5.56 Å². The average Bonchev–Trinajstić information content (AvgIpc) is 2.39. The van der Waals surface area contributed by atoms with Gasteiger partial charge in [0.25, 0.3) is 5.56 Å². The molecule has 0 aliphatic heterocycles. The summed E-state index contributed by atoms with van der Waals surface area (Å²) in [7, 11) is -2.26. The molecule has 0 N–H and O–H groups in total. The number of pyridine rings is 1. The van der Waals surface area contributed by atoms with E-state index in [0.717, 1.165) is 10.8 Å². The van der Waals surface area contributed by atoms with Crippen molar-refractivity contribution in [3.63, 3.8) is 0 Å². The van der Waals surface area contributed by atoms with Crippen molar-refractivity contribution in [1.82, 2.24) is 14.5 Å². The van der Waals surface area contributed by atoms with Crippen LogP contribution in [0.4, 0.5) is 8.78 Å². The van der Waals surface area contributed by atoms with Gasteiger partial charge in [0, 0.05) is 30.4 Å². The van der Waals surface area contributed by atoms with Crippen LogP contribution in [0.3, 0.4) is 0 Å². The fourth-order valence-electron chi connectivity index (χ4n) is 1.73.